The number of nitrogens with one attached hydrogen (secondary N) is 2. The lowest BCUT2D eigenvalue weighted by molar-refractivity contribution is 0.0959. The predicted octanol–water partition coefficient (Wildman–Crippen LogP) is 1.72. The zero-order valence-electron chi connectivity index (χ0n) is 19.6. The van der Waals surface area contributed by atoms with E-state index in [0.717, 1.165) is 11.4 Å². The van der Waals surface area contributed by atoms with Crippen LogP contribution in [0.4, 0.5) is 5.69 Å². The number of halogens is 1. The van der Waals surface area contributed by atoms with Crippen molar-refractivity contribution in [2.24, 2.45) is 0 Å². The largest absolute Gasteiger partial charge is 0.346 e. The van der Waals surface area contributed by atoms with Crippen molar-refractivity contribution in [3.8, 4) is 5.69 Å². The first kappa shape index (κ1) is 24.7. The number of benzene rings is 1. The molecular weight excluding hydrogens is 490 g/mol. The molecule has 0 spiro atoms. The highest BCUT2D eigenvalue weighted by Gasteiger charge is 2.20. The normalized spacial score (nSPS) is 13.7. The molecule has 12 heteroatoms. The Morgan fingerprint density at radius 2 is 1.77 bits per heavy atom. The molecule has 0 bridgehead atoms. The quantitative estimate of drug-likeness (QED) is 0.441. The van der Waals surface area contributed by atoms with Crippen LogP contribution in [0.5, 0.6) is 0 Å². The van der Waals surface area contributed by atoms with Crippen LogP contribution in [-0.4, -0.2) is 59.3 Å². The summed E-state index contributed by atoms with van der Waals surface area (Å²) in [5, 5.41) is 6.51. The number of carbonyl (C=O) groups is 1. The number of carbonyl (C=O) groups excluding carboxylic acids is 1. The molecule has 1 aliphatic rings. The molecule has 3 aromatic rings. The van der Waals surface area contributed by atoms with Gasteiger partial charge >= 0.3 is 11.1 Å². The molecule has 35 heavy (non-hydrogen) atoms. The summed E-state index contributed by atoms with van der Waals surface area (Å²) in [6.45, 7) is 1.43. The highest BCUT2D eigenvalue weighted by atomic mass is 35.5. The SMILES string of the molecule is CN(C)CCn1ccn(-c2ccc(N3C=C(CNC(=O)c4ccc(Cl)s4)NN3C)cc2)c(=O)c1=O. The Bertz CT molecular complexity index is 1360. The van der Waals surface area contributed by atoms with Gasteiger partial charge in [0.05, 0.1) is 27.1 Å². The summed E-state index contributed by atoms with van der Waals surface area (Å²) in [6.07, 6.45) is 5.11. The van der Waals surface area contributed by atoms with Crippen molar-refractivity contribution in [1.82, 2.24) is 29.9 Å². The van der Waals surface area contributed by atoms with Gasteiger partial charge in [0.2, 0.25) is 0 Å². The number of hydrogen-bond acceptors (Lipinski definition) is 8. The number of hydrazine groups is 2. The highest BCUT2D eigenvalue weighted by Crippen LogP contribution is 2.23. The third-order valence-electron chi connectivity index (χ3n) is 5.38. The molecule has 0 aliphatic carbocycles. The minimum atomic E-state index is -0.594. The number of anilines is 1. The zero-order chi connectivity index (χ0) is 25.1. The average molecular weight is 516 g/mol. The first-order valence-corrected chi connectivity index (χ1v) is 12.0. The molecule has 0 unspecified atom stereocenters. The lowest BCUT2D eigenvalue weighted by Crippen LogP contribution is -2.41. The average Bonchev–Trinajstić information content (AvgIpc) is 3.44. The third-order valence-corrected chi connectivity index (χ3v) is 6.61. The number of aromatic nitrogens is 2. The molecule has 0 saturated heterocycles. The zero-order valence-corrected chi connectivity index (χ0v) is 21.1. The van der Waals surface area contributed by atoms with Crippen LogP contribution in [-0.2, 0) is 6.54 Å². The summed E-state index contributed by atoms with van der Waals surface area (Å²) >= 11 is 7.13. The second kappa shape index (κ2) is 10.5. The fraction of sp³-hybridized carbons (Fsp3) is 0.261. The molecule has 0 saturated carbocycles. The Hall–Kier alpha value is -3.38. The highest BCUT2D eigenvalue weighted by molar-refractivity contribution is 7.18. The van der Waals surface area contributed by atoms with Crippen molar-refractivity contribution in [2.45, 2.75) is 6.54 Å². The molecule has 0 fully saturated rings. The Morgan fingerprint density at radius 3 is 2.43 bits per heavy atom. The fourth-order valence-corrected chi connectivity index (χ4v) is 4.48. The Kier molecular flexibility index (Phi) is 7.41. The van der Waals surface area contributed by atoms with E-state index >= 15 is 0 Å². The van der Waals surface area contributed by atoms with Crippen molar-refractivity contribution in [3.05, 3.63) is 90.6 Å². The van der Waals surface area contributed by atoms with Crippen molar-refractivity contribution in [2.75, 3.05) is 39.2 Å². The summed E-state index contributed by atoms with van der Waals surface area (Å²) in [5.41, 5.74) is 4.26. The van der Waals surface area contributed by atoms with Gasteiger partial charge in [-0.1, -0.05) is 11.6 Å². The lowest BCUT2D eigenvalue weighted by Gasteiger charge is -2.24. The first-order chi connectivity index (χ1) is 16.7. The molecule has 0 radical (unpaired) electrons. The second-order valence-corrected chi connectivity index (χ2v) is 9.93. The van der Waals surface area contributed by atoms with Crippen LogP contribution in [0.1, 0.15) is 9.67 Å². The number of rotatable bonds is 8. The Labute approximate surface area is 211 Å². The standard InChI is InChI=1S/C23H26ClN7O3S/c1-27(2)10-11-29-12-13-30(23(34)22(29)33)17-4-6-18(7-5-17)31-15-16(26-28(31)3)14-25-21(32)19-8-9-20(24)35-19/h4-9,12-13,15,26H,10-11,14H2,1-3H3,(H,25,32). The molecule has 2 N–H and O–H groups in total. The maximum atomic E-state index is 12.6. The van der Waals surface area contributed by atoms with Gasteiger partial charge in [-0.25, -0.2) is 0 Å². The van der Waals surface area contributed by atoms with Crippen molar-refractivity contribution >= 4 is 34.5 Å². The van der Waals surface area contributed by atoms with Crippen molar-refractivity contribution in [1.29, 1.82) is 0 Å². The Morgan fingerprint density at radius 1 is 1.06 bits per heavy atom. The summed E-state index contributed by atoms with van der Waals surface area (Å²) in [7, 11) is 5.67. The minimum absolute atomic E-state index is 0.191. The van der Waals surface area contributed by atoms with E-state index in [9.17, 15) is 14.4 Å². The summed E-state index contributed by atoms with van der Waals surface area (Å²) in [5.74, 6) is -0.191. The van der Waals surface area contributed by atoms with Crippen LogP contribution in [0.15, 0.2) is 70.3 Å². The molecule has 4 rings (SSSR count). The molecule has 184 valence electrons. The molecule has 1 amide bonds. The fourth-order valence-electron chi connectivity index (χ4n) is 3.52. The van der Waals surface area contributed by atoms with Crippen LogP contribution in [0, 0.1) is 0 Å². The molecule has 1 aromatic carbocycles. The van der Waals surface area contributed by atoms with Crippen LogP contribution in [0.3, 0.4) is 0 Å². The van der Waals surface area contributed by atoms with Gasteiger partial charge in [0, 0.05) is 44.4 Å². The first-order valence-electron chi connectivity index (χ1n) is 10.8. The molecule has 3 heterocycles. The smallest absolute Gasteiger partial charge is 0.320 e. The van der Waals surface area contributed by atoms with Gasteiger partial charge in [0.15, 0.2) is 0 Å². The van der Waals surface area contributed by atoms with E-state index in [0.29, 0.717) is 34.5 Å². The van der Waals surface area contributed by atoms with Crippen LogP contribution >= 0.6 is 22.9 Å². The molecule has 10 nitrogen and oxygen atoms in total. The maximum Gasteiger partial charge on any atom is 0.320 e. The molecule has 0 atom stereocenters. The van der Waals surface area contributed by atoms with Gasteiger partial charge in [-0.3, -0.25) is 24.0 Å². The van der Waals surface area contributed by atoms with Crippen LogP contribution in [0.2, 0.25) is 4.34 Å². The van der Waals surface area contributed by atoms with Gasteiger partial charge in [-0.15, -0.1) is 16.5 Å². The van der Waals surface area contributed by atoms with Crippen molar-refractivity contribution in [3.63, 3.8) is 0 Å². The number of thiophene rings is 1. The lowest BCUT2D eigenvalue weighted by atomic mass is 10.2. The number of amides is 1. The van der Waals surface area contributed by atoms with Crippen LogP contribution in [0.25, 0.3) is 5.69 Å². The van der Waals surface area contributed by atoms with Crippen molar-refractivity contribution < 1.29 is 4.79 Å². The van der Waals surface area contributed by atoms with E-state index in [1.165, 1.54) is 20.5 Å². The third kappa shape index (κ3) is 5.65. The van der Waals surface area contributed by atoms with Gasteiger partial charge < -0.3 is 20.2 Å². The minimum Gasteiger partial charge on any atom is -0.346 e. The van der Waals surface area contributed by atoms with E-state index in [4.69, 9.17) is 11.6 Å². The monoisotopic (exact) mass is 515 g/mol. The second-order valence-electron chi connectivity index (χ2n) is 8.21. The maximum absolute atomic E-state index is 12.6. The van der Waals surface area contributed by atoms with E-state index in [2.05, 4.69) is 10.7 Å². The predicted molar refractivity (Wildman–Crippen MR) is 138 cm³/mol. The molecule has 2 aromatic heterocycles. The summed E-state index contributed by atoms with van der Waals surface area (Å²) in [6, 6.07) is 10.6. The van der Waals surface area contributed by atoms with Gasteiger partial charge in [-0.05, 0) is 50.5 Å². The van der Waals surface area contributed by atoms with Gasteiger partial charge in [0.1, 0.15) is 0 Å². The number of nitrogens with zero attached hydrogens (tertiary/aromatic N) is 5. The molecule has 1 aliphatic heterocycles. The van der Waals surface area contributed by atoms with E-state index in [1.807, 2.05) is 49.4 Å². The number of likely N-dealkylation sites (N-methyl/N-ethyl adjacent to an activating group) is 1. The Balaban J connectivity index is 1.45. The number of hydrogen-bond donors (Lipinski definition) is 2. The van der Waals surface area contributed by atoms with Gasteiger partial charge in [0.25, 0.3) is 5.91 Å². The summed E-state index contributed by atoms with van der Waals surface area (Å²) in [4.78, 5) is 39.9. The van der Waals surface area contributed by atoms with Crippen LogP contribution < -0.4 is 26.9 Å². The van der Waals surface area contributed by atoms with E-state index in [-0.39, 0.29) is 5.91 Å². The van der Waals surface area contributed by atoms with E-state index in [1.54, 1.807) is 41.8 Å². The molecular formula is C23H26ClN7O3S. The summed E-state index contributed by atoms with van der Waals surface area (Å²) < 4.78 is 3.34. The van der Waals surface area contributed by atoms with Gasteiger partial charge in [-0.2, -0.15) is 0 Å². The topological polar surface area (TPSA) is 94.8 Å². The van der Waals surface area contributed by atoms with E-state index < -0.39 is 11.1 Å².